The number of hydrogen-bond donors (Lipinski definition) is 1. The van der Waals surface area contributed by atoms with Crippen LogP contribution in [0.1, 0.15) is 19.4 Å². The smallest absolute Gasteiger partial charge is 0.341 e. The summed E-state index contributed by atoms with van der Waals surface area (Å²) in [6.45, 7) is 4.32. The summed E-state index contributed by atoms with van der Waals surface area (Å²) in [5.74, 6) is -1.91. The Morgan fingerprint density at radius 3 is 2.14 bits per heavy atom. The van der Waals surface area contributed by atoms with Crippen molar-refractivity contribution in [1.29, 1.82) is 0 Å². The fraction of sp³-hybridized carbons (Fsp3) is 0.286. The van der Waals surface area contributed by atoms with E-state index in [4.69, 9.17) is 5.11 Å². The quantitative estimate of drug-likeness (QED) is 0.284. The molecular weight excluding hydrogens is 276 g/mol. The number of benzene rings is 1. The summed E-state index contributed by atoms with van der Waals surface area (Å²) < 4.78 is 0. The van der Waals surface area contributed by atoms with Gasteiger partial charge in [0.15, 0.2) is 0 Å². The lowest BCUT2D eigenvalue weighted by Crippen LogP contribution is -2.33. The van der Waals surface area contributed by atoms with E-state index in [0.717, 1.165) is 0 Å². The Kier molecular flexibility index (Phi) is 5.59. The number of nitrogens with zero attached hydrogens (tertiary/aromatic N) is 2. The number of carboxylic acids is 1. The highest BCUT2D eigenvalue weighted by atomic mass is 16.6. The molecule has 0 atom stereocenters. The lowest BCUT2D eigenvalue weighted by atomic mass is 10.1. The summed E-state index contributed by atoms with van der Waals surface area (Å²) >= 11 is 0. The van der Waals surface area contributed by atoms with Gasteiger partial charge in [0.1, 0.15) is 5.57 Å². The summed E-state index contributed by atoms with van der Waals surface area (Å²) in [5, 5.41) is 19.7. The van der Waals surface area contributed by atoms with Crippen LogP contribution in [0.15, 0.2) is 29.8 Å². The van der Waals surface area contributed by atoms with Gasteiger partial charge in [0.2, 0.25) is 0 Å². The van der Waals surface area contributed by atoms with Crippen LogP contribution in [0.25, 0.3) is 6.08 Å². The molecule has 1 aromatic rings. The molecule has 1 aromatic carbocycles. The Morgan fingerprint density at radius 1 is 1.24 bits per heavy atom. The van der Waals surface area contributed by atoms with E-state index in [9.17, 15) is 19.7 Å². The molecule has 0 radical (unpaired) electrons. The van der Waals surface area contributed by atoms with E-state index in [2.05, 4.69) is 0 Å². The van der Waals surface area contributed by atoms with Gasteiger partial charge in [-0.05, 0) is 37.6 Å². The summed E-state index contributed by atoms with van der Waals surface area (Å²) in [4.78, 5) is 34.7. The maximum Gasteiger partial charge on any atom is 0.341 e. The van der Waals surface area contributed by atoms with Crippen LogP contribution in [0.3, 0.4) is 0 Å². The number of non-ortho nitro benzene ring substituents is 1. The first-order valence-electron chi connectivity index (χ1n) is 6.39. The summed E-state index contributed by atoms with van der Waals surface area (Å²) in [6, 6.07) is 5.31. The maximum absolute atomic E-state index is 12.1. The predicted octanol–water partition coefficient (Wildman–Crippen LogP) is 1.93. The largest absolute Gasteiger partial charge is 0.477 e. The second-order valence-corrected chi connectivity index (χ2v) is 4.19. The predicted molar refractivity (Wildman–Crippen MR) is 76.6 cm³/mol. The Labute approximate surface area is 121 Å². The molecule has 7 heteroatoms. The van der Waals surface area contributed by atoms with Crippen molar-refractivity contribution in [2.24, 2.45) is 0 Å². The Hall–Kier alpha value is -2.70. The van der Waals surface area contributed by atoms with Gasteiger partial charge in [0.05, 0.1) is 4.92 Å². The molecule has 0 fully saturated rings. The topological polar surface area (TPSA) is 101 Å². The normalized spacial score (nSPS) is 11.0. The fourth-order valence-electron chi connectivity index (χ4n) is 1.76. The molecule has 1 rings (SSSR count). The molecule has 0 bridgehead atoms. The van der Waals surface area contributed by atoms with Gasteiger partial charge in [-0.25, -0.2) is 4.79 Å². The number of carboxylic acid groups (broad SMARTS) is 1. The molecule has 0 saturated carbocycles. The number of nitro benzene ring substituents is 1. The molecule has 0 spiro atoms. The first kappa shape index (κ1) is 16.4. The molecule has 0 aliphatic carbocycles. The zero-order valence-electron chi connectivity index (χ0n) is 11.8. The standard InChI is InChI=1S/C14H16N2O5/c1-3-15(4-2)13(17)12(14(18)19)9-10-5-7-11(8-6-10)16(20)21/h5-9H,3-4H2,1-2H3,(H,18,19)/b12-9-. The maximum atomic E-state index is 12.1. The molecular formula is C14H16N2O5. The molecule has 7 nitrogen and oxygen atoms in total. The van der Waals surface area contributed by atoms with Crippen LogP contribution in [-0.2, 0) is 9.59 Å². The average Bonchev–Trinajstić information content (AvgIpc) is 2.46. The lowest BCUT2D eigenvalue weighted by molar-refractivity contribution is -0.384. The van der Waals surface area contributed by atoms with Gasteiger partial charge in [-0.3, -0.25) is 14.9 Å². The third kappa shape index (κ3) is 4.13. The molecule has 0 saturated heterocycles. The van der Waals surface area contributed by atoms with E-state index < -0.39 is 16.8 Å². The molecule has 0 aromatic heterocycles. The van der Waals surface area contributed by atoms with Gasteiger partial charge in [0, 0.05) is 25.2 Å². The Bertz CT molecular complexity index is 574. The van der Waals surface area contributed by atoms with Crippen LogP contribution in [0.4, 0.5) is 5.69 Å². The van der Waals surface area contributed by atoms with Crippen molar-refractivity contribution in [3.8, 4) is 0 Å². The van der Waals surface area contributed by atoms with Crippen LogP contribution < -0.4 is 0 Å². The number of aliphatic carboxylic acids is 1. The van der Waals surface area contributed by atoms with Gasteiger partial charge >= 0.3 is 5.97 Å². The highest BCUT2D eigenvalue weighted by molar-refractivity contribution is 6.19. The van der Waals surface area contributed by atoms with Crippen molar-refractivity contribution in [2.75, 3.05) is 13.1 Å². The number of hydrogen-bond acceptors (Lipinski definition) is 4. The molecule has 21 heavy (non-hydrogen) atoms. The molecule has 0 unspecified atom stereocenters. The third-order valence-corrected chi connectivity index (χ3v) is 2.93. The molecule has 1 N–H and O–H groups in total. The molecule has 0 aliphatic heterocycles. The fourth-order valence-corrected chi connectivity index (χ4v) is 1.76. The van der Waals surface area contributed by atoms with Gasteiger partial charge in [-0.1, -0.05) is 0 Å². The first-order chi connectivity index (χ1) is 9.90. The van der Waals surface area contributed by atoms with Gasteiger partial charge < -0.3 is 10.0 Å². The van der Waals surface area contributed by atoms with E-state index in [1.165, 1.54) is 35.2 Å². The minimum absolute atomic E-state index is 0.0981. The summed E-state index contributed by atoms with van der Waals surface area (Å²) in [7, 11) is 0. The van der Waals surface area contributed by atoms with Crippen LogP contribution in [0.2, 0.25) is 0 Å². The minimum Gasteiger partial charge on any atom is -0.477 e. The van der Waals surface area contributed by atoms with E-state index in [-0.39, 0.29) is 11.3 Å². The minimum atomic E-state index is -1.33. The second-order valence-electron chi connectivity index (χ2n) is 4.19. The van der Waals surface area contributed by atoms with Crippen LogP contribution in [0.5, 0.6) is 0 Å². The lowest BCUT2D eigenvalue weighted by Gasteiger charge is -2.18. The van der Waals surface area contributed by atoms with E-state index in [0.29, 0.717) is 18.7 Å². The monoisotopic (exact) mass is 292 g/mol. The highest BCUT2D eigenvalue weighted by Gasteiger charge is 2.21. The number of amides is 1. The first-order valence-corrected chi connectivity index (χ1v) is 6.39. The number of nitro groups is 1. The molecule has 1 amide bonds. The number of carbonyl (C=O) groups excluding carboxylic acids is 1. The number of carbonyl (C=O) groups is 2. The van der Waals surface area contributed by atoms with Crippen molar-refractivity contribution in [2.45, 2.75) is 13.8 Å². The molecule has 0 heterocycles. The van der Waals surface area contributed by atoms with Crippen molar-refractivity contribution in [3.63, 3.8) is 0 Å². The third-order valence-electron chi connectivity index (χ3n) is 2.93. The zero-order valence-corrected chi connectivity index (χ0v) is 11.8. The highest BCUT2D eigenvalue weighted by Crippen LogP contribution is 2.15. The molecule has 0 aliphatic rings. The van der Waals surface area contributed by atoms with Gasteiger partial charge in [-0.15, -0.1) is 0 Å². The zero-order chi connectivity index (χ0) is 16.0. The second kappa shape index (κ2) is 7.18. The van der Waals surface area contributed by atoms with Crippen molar-refractivity contribution >= 4 is 23.6 Å². The van der Waals surface area contributed by atoms with Crippen molar-refractivity contribution in [1.82, 2.24) is 4.90 Å². The number of likely N-dealkylation sites (N-methyl/N-ethyl adjacent to an activating group) is 1. The SMILES string of the molecule is CCN(CC)C(=O)/C(=C/c1ccc([N+](=O)[O-])cc1)C(=O)O. The van der Waals surface area contributed by atoms with E-state index in [1.54, 1.807) is 13.8 Å². The van der Waals surface area contributed by atoms with Crippen LogP contribution in [0, 0.1) is 10.1 Å². The van der Waals surface area contributed by atoms with Crippen LogP contribution in [-0.4, -0.2) is 39.9 Å². The van der Waals surface area contributed by atoms with Gasteiger partial charge in [0.25, 0.3) is 11.6 Å². The van der Waals surface area contributed by atoms with Gasteiger partial charge in [-0.2, -0.15) is 0 Å². The van der Waals surface area contributed by atoms with Crippen molar-refractivity contribution < 1.29 is 19.6 Å². The van der Waals surface area contributed by atoms with Crippen molar-refractivity contribution in [3.05, 3.63) is 45.5 Å². The average molecular weight is 292 g/mol. The molecule has 112 valence electrons. The van der Waals surface area contributed by atoms with Crippen LogP contribution >= 0.6 is 0 Å². The Morgan fingerprint density at radius 2 is 1.76 bits per heavy atom. The number of rotatable bonds is 6. The van der Waals surface area contributed by atoms with E-state index in [1.807, 2.05) is 0 Å². The Balaban J connectivity index is 3.13. The summed E-state index contributed by atoms with van der Waals surface area (Å²) in [6.07, 6.45) is 1.21. The summed E-state index contributed by atoms with van der Waals surface area (Å²) in [5.41, 5.74) is -0.0508. The van der Waals surface area contributed by atoms with E-state index >= 15 is 0 Å².